The van der Waals surface area contributed by atoms with Crippen molar-refractivity contribution in [3.05, 3.63) is 28.8 Å². The molecule has 1 N–H and O–H groups in total. The summed E-state index contributed by atoms with van der Waals surface area (Å²) in [6.45, 7) is 5.38. The molecule has 0 radical (unpaired) electrons. The first kappa shape index (κ1) is 21.2. The third kappa shape index (κ3) is 5.22. The molecule has 2 amide bonds. The number of carbonyl (C=O) groups excluding carboxylic acids is 3. The average Bonchev–Trinajstić information content (AvgIpc) is 2.69. The Morgan fingerprint density at radius 2 is 1.70 bits per heavy atom. The monoisotopic (exact) mass is 394 g/mol. The first-order chi connectivity index (χ1) is 12.9. The van der Waals surface area contributed by atoms with Gasteiger partial charge in [0.15, 0.2) is 0 Å². The Bertz CT molecular complexity index is 695. The van der Waals surface area contributed by atoms with E-state index in [1.54, 1.807) is 12.1 Å². The minimum Gasteiger partial charge on any atom is -0.465 e. The van der Waals surface area contributed by atoms with Crippen molar-refractivity contribution in [2.24, 2.45) is 11.8 Å². The van der Waals surface area contributed by atoms with Crippen molar-refractivity contribution < 1.29 is 19.1 Å². The fourth-order valence-corrected chi connectivity index (χ4v) is 3.66. The van der Waals surface area contributed by atoms with E-state index in [4.69, 9.17) is 16.3 Å². The molecule has 1 fully saturated rings. The van der Waals surface area contributed by atoms with Gasteiger partial charge in [0.1, 0.15) is 0 Å². The van der Waals surface area contributed by atoms with Gasteiger partial charge in [0.25, 0.3) is 0 Å². The summed E-state index contributed by atoms with van der Waals surface area (Å²) in [5.41, 5.74) is 0.719. The highest BCUT2D eigenvalue weighted by Crippen LogP contribution is 2.32. The molecule has 148 valence electrons. The second-order valence-corrected chi connectivity index (χ2v) is 7.14. The third-order valence-electron chi connectivity index (χ3n) is 5.17. The maximum atomic E-state index is 12.6. The molecule has 27 heavy (non-hydrogen) atoms. The number of carbonyl (C=O) groups is 3. The van der Waals surface area contributed by atoms with Crippen molar-refractivity contribution in [2.45, 2.75) is 39.5 Å². The zero-order valence-electron chi connectivity index (χ0n) is 16.1. The molecule has 0 aliphatic heterocycles. The molecule has 6 nitrogen and oxygen atoms in total. The molecule has 0 atom stereocenters. The largest absolute Gasteiger partial charge is 0.465 e. The standard InChI is InChI=1S/C20H27ClN2O4/c1-4-23(5-2)19(25)14-8-6-13(7-9-14)18(24)22-17-12-15(20(26)27-3)10-11-16(17)21/h10-14H,4-9H2,1-3H3,(H,22,24). The molecule has 0 heterocycles. The Hall–Kier alpha value is -2.08. The molecule has 1 saturated carbocycles. The second-order valence-electron chi connectivity index (χ2n) is 6.73. The fraction of sp³-hybridized carbons (Fsp3) is 0.550. The van der Waals surface area contributed by atoms with Crippen LogP contribution in [-0.2, 0) is 14.3 Å². The lowest BCUT2D eigenvalue weighted by Gasteiger charge is -2.30. The van der Waals surface area contributed by atoms with Crippen molar-refractivity contribution in [3.8, 4) is 0 Å². The number of ether oxygens (including phenoxy) is 1. The molecule has 0 bridgehead atoms. The molecule has 7 heteroatoms. The van der Waals surface area contributed by atoms with Gasteiger partial charge >= 0.3 is 5.97 Å². The SMILES string of the molecule is CCN(CC)C(=O)C1CCC(C(=O)Nc2cc(C(=O)OC)ccc2Cl)CC1. The van der Waals surface area contributed by atoms with Gasteiger partial charge in [0.05, 0.1) is 23.4 Å². The number of nitrogens with one attached hydrogen (secondary N) is 1. The molecule has 2 rings (SSSR count). The van der Waals surface area contributed by atoms with Gasteiger partial charge in [-0.1, -0.05) is 11.6 Å². The van der Waals surface area contributed by atoms with Gasteiger partial charge in [-0.15, -0.1) is 0 Å². The molecule has 1 aliphatic carbocycles. The maximum Gasteiger partial charge on any atom is 0.337 e. The first-order valence-corrected chi connectivity index (χ1v) is 9.76. The van der Waals surface area contributed by atoms with Crippen LogP contribution in [0.5, 0.6) is 0 Å². The molecule has 0 saturated heterocycles. The smallest absolute Gasteiger partial charge is 0.337 e. The summed E-state index contributed by atoms with van der Waals surface area (Å²) in [5, 5.41) is 3.18. The van der Waals surface area contributed by atoms with E-state index in [0.29, 0.717) is 55.0 Å². The van der Waals surface area contributed by atoms with E-state index in [1.807, 2.05) is 18.7 Å². The number of rotatable bonds is 6. The van der Waals surface area contributed by atoms with Crippen molar-refractivity contribution in [1.29, 1.82) is 0 Å². The summed E-state index contributed by atoms with van der Waals surface area (Å²) in [6, 6.07) is 4.62. The molecular weight excluding hydrogens is 368 g/mol. The Morgan fingerprint density at radius 3 is 2.26 bits per heavy atom. The lowest BCUT2D eigenvalue weighted by Crippen LogP contribution is -2.38. The number of benzene rings is 1. The summed E-state index contributed by atoms with van der Waals surface area (Å²) < 4.78 is 4.69. The van der Waals surface area contributed by atoms with Gasteiger partial charge in [-0.2, -0.15) is 0 Å². The number of amides is 2. The maximum absolute atomic E-state index is 12.6. The second kappa shape index (κ2) is 9.74. The van der Waals surface area contributed by atoms with Crippen LogP contribution >= 0.6 is 11.6 Å². The van der Waals surface area contributed by atoms with E-state index in [1.165, 1.54) is 13.2 Å². The van der Waals surface area contributed by atoms with Crippen molar-refractivity contribution in [3.63, 3.8) is 0 Å². The van der Waals surface area contributed by atoms with Gasteiger partial charge in [0, 0.05) is 24.9 Å². The zero-order chi connectivity index (χ0) is 20.0. The van der Waals surface area contributed by atoms with Crippen LogP contribution < -0.4 is 5.32 Å². The predicted molar refractivity (Wildman–Crippen MR) is 105 cm³/mol. The third-order valence-corrected chi connectivity index (χ3v) is 5.50. The van der Waals surface area contributed by atoms with E-state index in [9.17, 15) is 14.4 Å². The van der Waals surface area contributed by atoms with Crippen LogP contribution in [0.3, 0.4) is 0 Å². The number of nitrogens with zero attached hydrogens (tertiary/aromatic N) is 1. The van der Waals surface area contributed by atoms with Gasteiger partial charge in [0.2, 0.25) is 11.8 Å². The molecule has 0 aromatic heterocycles. The summed E-state index contributed by atoms with van der Waals surface area (Å²) in [5.74, 6) is -0.596. The quantitative estimate of drug-likeness (QED) is 0.745. The summed E-state index contributed by atoms with van der Waals surface area (Å²) in [7, 11) is 1.30. The molecular formula is C20H27ClN2O4. The molecule has 0 unspecified atom stereocenters. The Balaban J connectivity index is 1.97. The number of esters is 1. The van der Waals surface area contributed by atoms with Crippen LogP contribution in [0.4, 0.5) is 5.69 Å². The highest BCUT2D eigenvalue weighted by molar-refractivity contribution is 6.33. The number of hydrogen-bond acceptors (Lipinski definition) is 4. The summed E-state index contributed by atoms with van der Waals surface area (Å²) >= 11 is 6.14. The van der Waals surface area contributed by atoms with Crippen LogP contribution in [-0.4, -0.2) is 42.9 Å². The topological polar surface area (TPSA) is 75.7 Å². The lowest BCUT2D eigenvalue weighted by atomic mass is 9.81. The van der Waals surface area contributed by atoms with Crippen LogP contribution in [0.15, 0.2) is 18.2 Å². The van der Waals surface area contributed by atoms with Gasteiger partial charge in [-0.25, -0.2) is 4.79 Å². The van der Waals surface area contributed by atoms with E-state index in [-0.39, 0.29) is 23.7 Å². The Labute approximate surface area is 165 Å². The molecule has 1 aromatic carbocycles. The fourth-order valence-electron chi connectivity index (χ4n) is 3.50. The number of halogens is 1. The first-order valence-electron chi connectivity index (χ1n) is 9.38. The lowest BCUT2D eigenvalue weighted by molar-refractivity contribution is -0.137. The van der Waals surface area contributed by atoms with Gasteiger partial charge in [-0.05, 0) is 57.7 Å². The minimum atomic E-state index is -0.488. The van der Waals surface area contributed by atoms with Crippen LogP contribution in [0.2, 0.25) is 5.02 Å². The summed E-state index contributed by atoms with van der Waals surface area (Å²) in [4.78, 5) is 38.6. The highest BCUT2D eigenvalue weighted by Gasteiger charge is 2.31. The number of methoxy groups -OCH3 is 1. The van der Waals surface area contributed by atoms with Gasteiger partial charge in [-0.3, -0.25) is 9.59 Å². The van der Waals surface area contributed by atoms with E-state index in [2.05, 4.69) is 5.32 Å². The highest BCUT2D eigenvalue weighted by atomic mass is 35.5. The minimum absolute atomic E-state index is 0.000176. The van der Waals surface area contributed by atoms with Gasteiger partial charge < -0.3 is 15.0 Å². The van der Waals surface area contributed by atoms with Crippen molar-refractivity contribution in [2.75, 3.05) is 25.5 Å². The normalized spacial score (nSPS) is 19.3. The molecule has 0 spiro atoms. The Kier molecular flexibility index (Phi) is 7.66. The van der Waals surface area contributed by atoms with E-state index < -0.39 is 5.97 Å². The molecule has 1 aliphatic rings. The van der Waals surface area contributed by atoms with Crippen LogP contribution in [0, 0.1) is 11.8 Å². The van der Waals surface area contributed by atoms with Crippen LogP contribution in [0.25, 0.3) is 0 Å². The summed E-state index contributed by atoms with van der Waals surface area (Å²) in [6.07, 6.45) is 2.75. The predicted octanol–water partition coefficient (Wildman–Crippen LogP) is 3.74. The van der Waals surface area contributed by atoms with E-state index in [0.717, 1.165) is 0 Å². The van der Waals surface area contributed by atoms with Crippen LogP contribution in [0.1, 0.15) is 49.9 Å². The van der Waals surface area contributed by atoms with Crippen molar-refractivity contribution >= 4 is 35.1 Å². The van der Waals surface area contributed by atoms with Crippen molar-refractivity contribution in [1.82, 2.24) is 4.90 Å². The Morgan fingerprint density at radius 1 is 1.11 bits per heavy atom. The number of anilines is 1. The average molecular weight is 395 g/mol. The molecule has 1 aromatic rings. The number of hydrogen-bond donors (Lipinski definition) is 1. The zero-order valence-corrected chi connectivity index (χ0v) is 16.8. The van der Waals surface area contributed by atoms with E-state index >= 15 is 0 Å².